The maximum atomic E-state index is 5.96. The lowest BCUT2D eigenvalue weighted by molar-refractivity contribution is 0.174. The summed E-state index contributed by atoms with van der Waals surface area (Å²) < 4.78 is 12.3. The fraction of sp³-hybridized carbons (Fsp3) is 0.0526. The molecule has 0 bridgehead atoms. The van der Waals surface area contributed by atoms with Crippen molar-refractivity contribution in [2.24, 2.45) is 5.10 Å². The minimum Gasteiger partial charge on any atom is -0.454 e. The highest BCUT2D eigenvalue weighted by Crippen LogP contribution is 2.32. The van der Waals surface area contributed by atoms with E-state index >= 15 is 0 Å². The van der Waals surface area contributed by atoms with Crippen LogP contribution in [0.25, 0.3) is 17.0 Å². The number of nitrogens with one attached hydrogen (secondary N) is 1. The third-order valence-electron chi connectivity index (χ3n) is 4.15. The molecule has 0 saturated heterocycles. The van der Waals surface area contributed by atoms with Crippen LogP contribution in [0.15, 0.2) is 59.7 Å². The molecule has 0 amide bonds. The van der Waals surface area contributed by atoms with Crippen LogP contribution in [-0.2, 0) is 0 Å². The van der Waals surface area contributed by atoms with Crippen LogP contribution in [0, 0.1) is 0 Å². The first-order chi connectivity index (χ1) is 13.8. The van der Waals surface area contributed by atoms with Crippen molar-refractivity contribution in [1.29, 1.82) is 0 Å². The van der Waals surface area contributed by atoms with E-state index < -0.39 is 0 Å². The van der Waals surface area contributed by atoms with E-state index in [1.54, 1.807) is 28.9 Å². The lowest BCUT2D eigenvalue weighted by atomic mass is 10.2. The highest BCUT2D eigenvalue weighted by molar-refractivity contribution is 6.30. The lowest BCUT2D eigenvalue weighted by Gasteiger charge is -2.03. The maximum absolute atomic E-state index is 5.96. The zero-order valence-corrected chi connectivity index (χ0v) is 15.2. The van der Waals surface area contributed by atoms with Crippen molar-refractivity contribution < 1.29 is 9.47 Å². The molecule has 0 unspecified atom stereocenters. The molecular formula is C19H13ClN6O2. The van der Waals surface area contributed by atoms with Gasteiger partial charge in [0.25, 0.3) is 0 Å². The number of anilines is 1. The molecule has 9 heteroatoms. The average molecular weight is 393 g/mol. The Balaban J connectivity index is 1.39. The van der Waals surface area contributed by atoms with Crippen molar-refractivity contribution in [3.63, 3.8) is 0 Å². The van der Waals surface area contributed by atoms with Crippen LogP contribution in [0.1, 0.15) is 5.56 Å². The van der Waals surface area contributed by atoms with E-state index in [1.165, 1.54) is 0 Å². The van der Waals surface area contributed by atoms with Gasteiger partial charge in [0.1, 0.15) is 0 Å². The summed E-state index contributed by atoms with van der Waals surface area (Å²) in [5, 5.41) is 17.8. The van der Waals surface area contributed by atoms with E-state index in [9.17, 15) is 0 Å². The Hall–Kier alpha value is -3.65. The Morgan fingerprint density at radius 1 is 1.00 bits per heavy atom. The minimum atomic E-state index is 0.243. The highest BCUT2D eigenvalue weighted by atomic mass is 35.5. The Labute approximate surface area is 164 Å². The summed E-state index contributed by atoms with van der Waals surface area (Å²) in [6.45, 7) is 0.243. The number of benzene rings is 2. The Kier molecular flexibility index (Phi) is 4.02. The number of hydrogen-bond donors (Lipinski definition) is 1. The molecule has 0 fully saturated rings. The second kappa shape index (κ2) is 6.82. The van der Waals surface area contributed by atoms with Gasteiger partial charge in [0, 0.05) is 10.6 Å². The van der Waals surface area contributed by atoms with Crippen LogP contribution in [-0.4, -0.2) is 32.8 Å². The summed E-state index contributed by atoms with van der Waals surface area (Å²) in [5.74, 6) is 2.62. The zero-order valence-electron chi connectivity index (χ0n) is 14.4. The molecule has 28 heavy (non-hydrogen) atoms. The zero-order chi connectivity index (χ0) is 18.9. The Morgan fingerprint density at radius 3 is 2.75 bits per heavy atom. The molecule has 3 heterocycles. The predicted octanol–water partition coefficient (Wildman–Crippen LogP) is 3.62. The lowest BCUT2D eigenvalue weighted by Crippen LogP contribution is -2.00. The van der Waals surface area contributed by atoms with E-state index in [0.717, 1.165) is 16.9 Å². The number of rotatable bonds is 4. The number of hydrazone groups is 1. The molecule has 2 aromatic heterocycles. The fourth-order valence-corrected chi connectivity index (χ4v) is 2.92. The van der Waals surface area contributed by atoms with Crippen LogP contribution in [0.2, 0.25) is 5.02 Å². The van der Waals surface area contributed by atoms with E-state index in [4.69, 9.17) is 21.1 Å². The van der Waals surface area contributed by atoms with Crippen molar-refractivity contribution in [3.8, 4) is 22.9 Å². The molecule has 8 nitrogen and oxygen atoms in total. The molecule has 0 saturated carbocycles. The second-order valence-corrected chi connectivity index (χ2v) is 6.44. The fourth-order valence-electron chi connectivity index (χ4n) is 2.79. The van der Waals surface area contributed by atoms with Crippen molar-refractivity contribution >= 4 is 29.3 Å². The quantitative estimate of drug-likeness (QED) is 0.421. The number of hydrogen-bond acceptors (Lipinski definition) is 7. The van der Waals surface area contributed by atoms with E-state index in [0.29, 0.717) is 28.1 Å². The van der Waals surface area contributed by atoms with Crippen molar-refractivity contribution in [2.45, 2.75) is 0 Å². The topological polar surface area (TPSA) is 85.9 Å². The highest BCUT2D eigenvalue weighted by Gasteiger charge is 2.12. The normalized spacial score (nSPS) is 12.8. The summed E-state index contributed by atoms with van der Waals surface area (Å²) in [7, 11) is 0. The molecule has 4 aromatic rings. The molecule has 0 aliphatic carbocycles. The summed E-state index contributed by atoms with van der Waals surface area (Å²) in [4.78, 5) is 0. The number of nitrogens with zero attached hydrogens (tertiary/aromatic N) is 5. The van der Waals surface area contributed by atoms with Gasteiger partial charge in [-0.3, -0.25) is 5.43 Å². The molecule has 1 aliphatic rings. The van der Waals surface area contributed by atoms with E-state index in [1.807, 2.05) is 36.4 Å². The summed E-state index contributed by atoms with van der Waals surface area (Å²) in [5.41, 5.74) is 5.30. The van der Waals surface area contributed by atoms with Crippen LogP contribution < -0.4 is 14.9 Å². The monoisotopic (exact) mass is 392 g/mol. The van der Waals surface area contributed by atoms with E-state index in [-0.39, 0.29) is 6.79 Å². The molecular weight excluding hydrogens is 380 g/mol. The maximum Gasteiger partial charge on any atom is 0.231 e. The van der Waals surface area contributed by atoms with Gasteiger partial charge in [0.15, 0.2) is 28.8 Å². The average Bonchev–Trinajstić information content (AvgIpc) is 3.35. The van der Waals surface area contributed by atoms with E-state index in [2.05, 4.69) is 25.8 Å². The van der Waals surface area contributed by atoms with Crippen molar-refractivity contribution in [1.82, 2.24) is 19.8 Å². The second-order valence-electron chi connectivity index (χ2n) is 6.00. The first-order valence-corrected chi connectivity index (χ1v) is 8.81. The molecule has 138 valence electrons. The van der Waals surface area contributed by atoms with Gasteiger partial charge < -0.3 is 9.47 Å². The van der Waals surface area contributed by atoms with Crippen molar-refractivity contribution in [3.05, 3.63) is 65.2 Å². The minimum absolute atomic E-state index is 0.243. The van der Waals surface area contributed by atoms with Crippen molar-refractivity contribution in [2.75, 3.05) is 12.2 Å². The summed E-state index contributed by atoms with van der Waals surface area (Å²) in [6, 6.07) is 16.6. The first kappa shape index (κ1) is 16.5. The molecule has 0 spiro atoms. The van der Waals surface area contributed by atoms with Gasteiger partial charge in [-0.2, -0.15) is 9.62 Å². The standard InChI is InChI=1S/C19H13ClN6O2/c20-14-4-2-13(3-5-14)19-24-23-18-8-7-17(25-26(18)19)22-21-10-12-1-6-15-16(9-12)28-11-27-15/h1-10H,11H2,(H,22,25). The van der Waals surface area contributed by atoms with Crippen LogP contribution in [0.4, 0.5) is 5.82 Å². The number of halogens is 1. The van der Waals surface area contributed by atoms with Gasteiger partial charge in [0.05, 0.1) is 6.21 Å². The first-order valence-electron chi connectivity index (χ1n) is 8.43. The van der Waals surface area contributed by atoms with Crippen LogP contribution in [0.5, 0.6) is 11.5 Å². The Morgan fingerprint density at radius 2 is 1.86 bits per heavy atom. The summed E-state index contributed by atoms with van der Waals surface area (Å²) in [6.07, 6.45) is 1.68. The van der Waals surface area contributed by atoms with Gasteiger partial charge >= 0.3 is 0 Å². The van der Waals surface area contributed by atoms with Crippen LogP contribution >= 0.6 is 11.6 Å². The smallest absolute Gasteiger partial charge is 0.231 e. The molecule has 0 atom stereocenters. The third kappa shape index (κ3) is 3.10. The third-order valence-corrected chi connectivity index (χ3v) is 4.41. The largest absolute Gasteiger partial charge is 0.454 e. The molecule has 1 aliphatic heterocycles. The molecule has 5 rings (SSSR count). The molecule has 0 radical (unpaired) electrons. The van der Waals surface area contributed by atoms with Gasteiger partial charge in [-0.15, -0.1) is 15.3 Å². The number of fused-ring (bicyclic) bond motifs is 2. The number of aromatic nitrogens is 4. The SMILES string of the molecule is Clc1ccc(-c2nnc3ccc(NN=Cc4ccc5c(c4)OCO5)nn23)cc1. The summed E-state index contributed by atoms with van der Waals surface area (Å²) >= 11 is 5.96. The van der Waals surface area contributed by atoms with Gasteiger partial charge in [-0.1, -0.05) is 11.6 Å². The number of ether oxygens (including phenoxy) is 2. The van der Waals surface area contributed by atoms with Gasteiger partial charge in [0.2, 0.25) is 6.79 Å². The molecule has 2 aromatic carbocycles. The van der Waals surface area contributed by atoms with Gasteiger partial charge in [-0.05, 0) is 60.2 Å². The molecule has 1 N–H and O–H groups in total. The predicted molar refractivity (Wildman–Crippen MR) is 105 cm³/mol. The Bertz CT molecular complexity index is 1190. The van der Waals surface area contributed by atoms with Gasteiger partial charge in [-0.25, -0.2) is 0 Å². The van der Waals surface area contributed by atoms with Crippen LogP contribution in [0.3, 0.4) is 0 Å².